The van der Waals surface area contributed by atoms with Gasteiger partial charge in [-0.05, 0) is 46.9 Å². The number of carbonyl (C=O) groups is 2. The van der Waals surface area contributed by atoms with Gasteiger partial charge in [0.05, 0.1) is 25.6 Å². The van der Waals surface area contributed by atoms with Crippen LogP contribution in [0.4, 0.5) is 11.4 Å². The van der Waals surface area contributed by atoms with Crippen molar-refractivity contribution >= 4 is 54.0 Å². The van der Waals surface area contributed by atoms with Gasteiger partial charge in [-0.2, -0.15) is 0 Å². The summed E-state index contributed by atoms with van der Waals surface area (Å²) in [5, 5.41) is 0. The smallest absolute Gasteiger partial charge is 0.356 e. The zero-order valence-corrected chi connectivity index (χ0v) is 21.2. The maximum absolute atomic E-state index is 11.3. The van der Waals surface area contributed by atoms with Crippen molar-refractivity contribution in [3.63, 3.8) is 0 Å². The topological polar surface area (TPSA) is 130 Å². The van der Waals surface area contributed by atoms with E-state index in [0.29, 0.717) is 20.8 Å². The third kappa shape index (κ3) is 9.97. The fraction of sp³-hybridized carbons (Fsp3) is 0.238. The van der Waals surface area contributed by atoms with Gasteiger partial charge in [-0.15, -0.1) is 18.4 Å². The molecule has 10 heteroatoms. The summed E-state index contributed by atoms with van der Waals surface area (Å²) in [6.45, 7) is 6.38. The van der Waals surface area contributed by atoms with E-state index >= 15 is 0 Å². The van der Waals surface area contributed by atoms with E-state index in [1.165, 1.54) is 26.4 Å². The molecule has 2 aromatic heterocycles. The van der Waals surface area contributed by atoms with E-state index in [2.05, 4.69) is 63.4 Å². The molecule has 4 N–H and O–H groups in total. The number of esters is 2. The Morgan fingerprint density at radius 3 is 1.81 bits per heavy atom. The number of nitrogen functional groups attached to an aromatic ring is 2. The Hall–Kier alpha value is -3.09. The summed E-state index contributed by atoms with van der Waals surface area (Å²) < 4.78 is 9.69. The van der Waals surface area contributed by atoms with E-state index in [9.17, 15) is 9.59 Å². The summed E-state index contributed by atoms with van der Waals surface area (Å²) in [6, 6.07) is 6.30. The lowest BCUT2D eigenvalue weighted by Crippen LogP contribution is -2.16. The fourth-order valence-electron chi connectivity index (χ4n) is 1.70. The van der Waals surface area contributed by atoms with E-state index in [4.69, 9.17) is 11.5 Å². The molecule has 0 aromatic carbocycles. The summed E-state index contributed by atoms with van der Waals surface area (Å²) in [4.78, 5) is 30.3. The van der Waals surface area contributed by atoms with Gasteiger partial charge in [0.2, 0.25) is 0 Å². The maximum Gasteiger partial charge on any atom is 0.356 e. The predicted molar refractivity (Wildman–Crippen MR) is 133 cm³/mol. The van der Waals surface area contributed by atoms with Crippen LogP contribution in [0.15, 0.2) is 24.3 Å². The SMILES string of the molecule is C#C.COC(=O)c1ccc(N)c(C#C[Si](C)(C)C)n1.COC(=O)c1ccc(N)c(I)n1. The Morgan fingerprint density at radius 2 is 1.39 bits per heavy atom. The molecular weight excluding hydrogens is 527 g/mol. The molecule has 0 atom stereocenters. The first-order chi connectivity index (χ1) is 14.5. The number of terminal acetylenes is 1. The van der Waals surface area contributed by atoms with Crippen LogP contribution in [-0.2, 0) is 9.47 Å². The first-order valence-corrected chi connectivity index (χ1v) is 13.3. The molecule has 0 unspecified atom stereocenters. The molecule has 0 aliphatic heterocycles. The second kappa shape index (κ2) is 13.3. The van der Waals surface area contributed by atoms with Crippen molar-refractivity contribution in [1.82, 2.24) is 9.97 Å². The van der Waals surface area contributed by atoms with Gasteiger partial charge in [0.1, 0.15) is 28.9 Å². The molecule has 0 saturated heterocycles. The summed E-state index contributed by atoms with van der Waals surface area (Å²) >= 11 is 1.96. The van der Waals surface area contributed by atoms with Crippen molar-refractivity contribution in [2.75, 3.05) is 25.7 Å². The minimum absolute atomic E-state index is 0.224. The predicted octanol–water partition coefficient (Wildman–Crippen LogP) is 2.98. The Bertz CT molecular complexity index is 1010. The van der Waals surface area contributed by atoms with E-state index in [0.717, 1.165) is 0 Å². The lowest BCUT2D eigenvalue weighted by atomic mass is 10.2. The highest BCUT2D eigenvalue weighted by atomic mass is 127. The van der Waals surface area contributed by atoms with Gasteiger partial charge in [-0.25, -0.2) is 19.6 Å². The quantitative estimate of drug-likeness (QED) is 0.191. The van der Waals surface area contributed by atoms with Gasteiger partial charge in [0, 0.05) is 0 Å². The lowest BCUT2D eigenvalue weighted by Gasteiger charge is -2.05. The number of methoxy groups -OCH3 is 2. The van der Waals surface area contributed by atoms with Crippen LogP contribution in [0, 0.1) is 28.0 Å². The standard InChI is InChI=1S/C12H16N2O2Si.C7H7IN2O2.C2H2/c1-16-12(15)11-6-5-9(13)10(14-11)7-8-17(2,3)4;1-12-7(11)5-3-2-4(9)6(8)10-5;1-2/h5-6H,13H2,1-4H3;2-3H,9H2,1H3;1-2H. The molecule has 8 nitrogen and oxygen atoms in total. The molecule has 31 heavy (non-hydrogen) atoms. The molecule has 164 valence electrons. The van der Waals surface area contributed by atoms with Gasteiger partial charge in [0.15, 0.2) is 0 Å². The van der Waals surface area contributed by atoms with Crippen molar-refractivity contribution in [2.45, 2.75) is 19.6 Å². The molecule has 0 fully saturated rings. The molecule has 0 bridgehead atoms. The zero-order chi connectivity index (χ0) is 24.2. The average molecular weight is 552 g/mol. The number of nitrogens with two attached hydrogens (primary N) is 2. The Kier molecular flexibility index (Phi) is 11.9. The second-order valence-corrected chi connectivity index (χ2v) is 12.5. The normalized spacial score (nSPS) is 9.42. The zero-order valence-electron chi connectivity index (χ0n) is 18.0. The van der Waals surface area contributed by atoms with E-state index in [1.807, 2.05) is 22.6 Å². The third-order valence-electron chi connectivity index (χ3n) is 3.15. The van der Waals surface area contributed by atoms with Crippen LogP contribution in [0.2, 0.25) is 19.6 Å². The third-order valence-corrected chi connectivity index (χ3v) is 4.89. The van der Waals surface area contributed by atoms with Crippen LogP contribution < -0.4 is 11.5 Å². The van der Waals surface area contributed by atoms with Crippen LogP contribution in [0.3, 0.4) is 0 Å². The highest BCUT2D eigenvalue weighted by molar-refractivity contribution is 14.1. The first kappa shape index (κ1) is 27.9. The number of hydrogen-bond acceptors (Lipinski definition) is 8. The first-order valence-electron chi connectivity index (χ1n) is 8.70. The Labute approximate surface area is 197 Å². The molecular formula is C21H25IN4O4Si. The molecule has 0 radical (unpaired) electrons. The molecule has 2 heterocycles. The van der Waals surface area contributed by atoms with Gasteiger partial charge < -0.3 is 20.9 Å². The molecule has 0 aliphatic rings. The number of halogens is 1. The van der Waals surface area contributed by atoms with Crippen LogP contribution in [0.25, 0.3) is 0 Å². The van der Waals surface area contributed by atoms with E-state index < -0.39 is 20.0 Å². The second-order valence-electron chi connectivity index (χ2n) is 6.69. The summed E-state index contributed by atoms with van der Waals surface area (Å²) in [5.74, 6) is 2.00. The number of ether oxygens (including phenoxy) is 2. The lowest BCUT2D eigenvalue weighted by molar-refractivity contribution is 0.0585. The largest absolute Gasteiger partial charge is 0.464 e. The summed E-state index contributed by atoms with van der Waals surface area (Å²) in [6.07, 6.45) is 8.00. The van der Waals surface area contributed by atoms with Crippen LogP contribution >= 0.6 is 22.6 Å². The number of carbonyl (C=O) groups excluding carboxylic acids is 2. The summed E-state index contributed by atoms with van der Waals surface area (Å²) in [7, 11) is 1.14. The van der Waals surface area contributed by atoms with Gasteiger partial charge in [-0.1, -0.05) is 25.6 Å². The van der Waals surface area contributed by atoms with E-state index in [1.54, 1.807) is 12.1 Å². The number of nitrogens with zero attached hydrogens (tertiary/aromatic N) is 2. The van der Waals surface area contributed by atoms with Crippen molar-refractivity contribution < 1.29 is 19.1 Å². The van der Waals surface area contributed by atoms with Crippen molar-refractivity contribution in [2.24, 2.45) is 0 Å². The minimum atomic E-state index is -1.49. The van der Waals surface area contributed by atoms with Gasteiger partial charge in [0.25, 0.3) is 0 Å². The molecule has 0 amide bonds. The van der Waals surface area contributed by atoms with Crippen LogP contribution in [0.1, 0.15) is 26.7 Å². The highest BCUT2D eigenvalue weighted by Crippen LogP contribution is 2.12. The highest BCUT2D eigenvalue weighted by Gasteiger charge is 2.11. The summed E-state index contributed by atoms with van der Waals surface area (Å²) in [5.41, 5.74) is 16.4. The van der Waals surface area contributed by atoms with Crippen molar-refractivity contribution in [3.05, 3.63) is 45.0 Å². The van der Waals surface area contributed by atoms with Gasteiger partial charge in [-0.3, -0.25) is 0 Å². The Morgan fingerprint density at radius 1 is 0.935 bits per heavy atom. The fourth-order valence-corrected chi connectivity index (χ4v) is 2.63. The molecule has 2 aromatic rings. The van der Waals surface area contributed by atoms with Crippen LogP contribution in [-0.4, -0.2) is 44.2 Å². The number of pyridine rings is 2. The molecule has 0 aliphatic carbocycles. The van der Waals surface area contributed by atoms with Crippen molar-refractivity contribution in [1.29, 1.82) is 0 Å². The number of anilines is 2. The monoisotopic (exact) mass is 552 g/mol. The minimum Gasteiger partial charge on any atom is -0.464 e. The molecule has 0 saturated carbocycles. The van der Waals surface area contributed by atoms with Crippen molar-refractivity contribution in [3.8, 4) is 24.3 Å². The average Bonchev–Trinajstić information content (AvgIpc) is 2.75. The molecule has 0 spiro atoms. The number of hydrogen-bond donors (Lipinski definition) is 2. The van der Waals surface area contributed by atoms with Crippen LogP contribution in [0.5, 0.6) is 0 Å². The number of aromatic nitrogens is 2. The van der Waals surface area contributed by atoms with E-state index in [-0.39, 0.29) is 11.4 Å². The van der Waals surface area contributed by atoms with Gasteiger partial charge >= 0.3 is 11.9 Å². The number of rotatable bonds is 2. The maximum atomic E-state index is 11.3. The molecule has 2 rings (SSSR count). The Balaban J connectivity index is 0.000000564.